The van der Waals surface area contributed by atoms with E-state index in [0.29, 0.717) is 37.9 Å². The average molecular weight is 367 g/mol. The minimum Gasteiger partial charge on any atom is -0.369 e. The minimum absolute atomic E-state index is 0.136. The van der Waals surface area contributed by atoms with Gasteiger partial charge >= 0.3 is 0 Å². The molecule has 3 N–H and O–H groups in total. The molecule has 0 saturated carbocycles. The number of amides is 2. The minimum atomic E-state index is -3.58. The molecule has 1 fully saturated rings. The van der Waals surface area contributed by atoms with Crippen molar-refractivity contribution < 1.29 is 18.0 Å². The maximum Gasteiger partial charge on any atom is 0.253 e. The fourth-order valence-corrected chi connectivity index (χ4v) is 4.07. The van der Waals surface area contributed by atoms with E-state index in [2.05, 4.69) is 4.72 Å². The van der Waals surface area contributed by atoms with E-state index >= 15 is 0 Å². The third-order valence-electron chi connectivity index (χ3n) is 4.56. The van der Waals surface area contributed by atoms with Crippen molar-refractivity contribution in [2.75, 3.05) is 13.1 Å². The van der Waals surface area contributed by atoms with Gasteiger partial charge in [-0.25, -0.2) is 13.1 Å². The molecule has 1 atom stereocenters. The van der Waals surface area contributed by atoms with Crippen LogP contribution in [0.3, 0.4) is 0 Å². The van der Waals surface area contributed by atoms with E-state index < -0.39 is 10.0 Å². The summed E-state index contributed by atoms with van der Waals surface area (Å²) in [6, 6.07) is 5.77. The summed E-state index contributed by atoms with van der Waals surface area (Å²) in [6.07, 6.45) is 1.82. The van der Waals surface area contributed by atoms with Gasteiger partial charge in [-0.05, 0) is 50.5 Å². The van der Waals surface area contributed by atoms with Crippen molar-refractivity contribution in [2.24, 2.45) is 11.7 Å². The summed E-state index contributed by atoms with van der Waals surface area (Å²) in [5.74, 6) is -0.666. The van der Waals surface area contributed by atoms with Gasteiger partial charge in [0.25, 0.3) is 5.91 Å². The molecule has 1 aromatic rings. The van der Waals surface area contributed by atoms with Crippen molar-refractivity contribution in [1.29, 1.82) is 0 Å². The van der Waals surface area contributed by atoms with Crippen molar-refractivity contribution in [3.63, 3.8) is 0 Å². The molecule has 25 heavy (non-hydrogen) atoms. The summed E-state index contributed by atoms with van der Waals surface area (Å²) in [5.41, 5.74) is 5.73. The molecule has 0 aliphatic carbocycles. The highest BCUT2D eigenvalue weighted by Crippen LogP contribution is 2.19. The lowest BCUT2D eigenvalue weighted by Gasteiger charge is -2.30. The smallest absolute Gasteiger partial charge is 0.253 e. The zero-order valence-corrected chi connectivity index (χ0v) is 15.4. The van der Waals surface area contributed by atoms with Gasteiger partial charge < -0.3 is 10.6 Å². The Hall–Kier alpha value is -1.93. The topological polar surface area (TPSA) is 110 Å². The summed E-state index contributed by atoms with van der Waals surface area (Å²) < 4.78 is 27.1. The monoisotopic (exact) mass is 367 g/mol. The number of likely N-dealkylation sites (tertiary alicyclic amines) is 1. The molecule has 1 aromatic carbocycles. The molecule has 1 aliphatic heterocycles. The first-order valence-electron chi connectivity index (χ1n) is 8.45. The van der Waals surface area contributed by atoms with Crippen LogP contribution >= 0.6 is 0 Å². The summed E-state index contributed by atoms with van der Waals surface area (Å²) in [7, 11) is -3.58. The van der Waals surface area contributed by atoms with E-state index in [1.54, 1.807) is 11.8 Å². The maximum atomic E-state index is 12.5. The highest BCUT2D eigenvalue weighted by molar-refractivity contribution is 7.89. The fraction of sp³-hybridized carbons (Fsp3) is 0.529. The van der Waals surface area contributed by atoms with Gasteiger partial charge in [-0.2, -0.15) is 0 Å². The molecule has 1 heterocycles. The number of rotatable bonds is 6. The first-order chi connectivity index (χ1) is 11.7. The summed E-state index contributed by atoms with van der Waals surface area (Å²) in [5, 5.41) is 0. The molecule has 1 aliphatic rings. The maximum absolute atomic E-state index is 12.5. The number of hydrogen-bond donors (Lipinski definition) is 2. The highest BCUT2D eigenvalue weighted by atomic mass is 32.2. The number of benzene rings is 1. The number of carbonyl (C=O) groups excluding carboxylic acids is 2. The third kappa shape index (κ3) is 4.79. The number of hydrogen-bond acceptors (Lipinski definition) is 4. The van der Waals surface area contributed by atoms with Crippen LogP contribution in [0.1, 0.15) is 43.5 Å². The summed E-state index contributed by atoms with van der Waals surface area (Å²) in [6.45, 7) is 4.64. The Kier molecular flexibility index (Phi) is 6.18. The van der Waals surface area contributed by atoms with E-state index in [0.717, 1.165) is 0 Å². The van der Waals surface area contributed by atoms with Crippen molar-refractivity contribution in [2.45, 2.75) is 44.0 Å². The highest BCUT2D eigenvalue weighted by Gasteiger charge is 2.26. The summed E-state index contributed by atoms with van der Waals surface area (Å²) >= 11 is 0. The Balaban J connectivity index is 2.05. The molecule has 8 heteroatoms. The number of sulfonamides is 1. The Morgan fingerprint density at radius 2 is 1.80 bits per heavy atom. The normalized spacial score (nSPS) is 17.3. The SMILES string of the molecule is CCC(C)NS(=O)(=O)c1ccc(C(=O)N2CCC(C(N)=O)CC2)cc1. The van der Waals surface area contributed by atoms with E-state index in [4.69, 9.17) is 5.73 Å². The first-order valence-corrected chi connectivity index (χ1v) is 9.94. The lowest BCUT2D eigenvalue weighted by atomic mass is 9.96. The number of carbonyl (C=O) groups is 2. The van der Waals surface area contributed by atoms with Crippen LogP contribution in [0, 0.1) is 5.92 Å². The molecular formula is C17H25N3O4S. The molecule has 7 nitrogen and oxygen atoms in total. The van der Waals surface area contributed by atoms with E-state index in [9.17, 15) is 18.0 Å². The van der Waals surface area contributed by atoms with Gasteiger partial charge in [0.15, 0.2) is 0 Å². The van der Waals surface area contributed by atoms with Crippen LogP contribution in [0.4, 0.5) is 0 Å². The lowest BCUT2D eigenvalue weighted by molar-refractivity contribution is -0.123. The molecule has 0 bridgehead atoms. The molecule has 2 amide bonds. The number of piperidine rings is 1. The van der Waals surface area contributed by atoms with Crippen LogP contribution in [-0.2, 0) is 14.8 Å². The summed E-state index contributed by atoms with van der Waals surface area (Å²) in [4.78, 5) is 25.5. The third-order valence-corrected chi connectivity index (χ3v) is 6.17. The molecule has 0 radical (unpaired) electrons. The van der Waals surface area contributed by atoms with E-state index in [1.165, 1.54) is 24.3 Å². The molecule has 138 valence electrons. The molecule has 0 aromatic heterocycles. The standard InChI is InChI=1S/C17H25N3O4S/c1-3-12(2)19-25(23,24)15-6-4-14(5-7-15)17(22)20-10-8-13(9-11-20)16(18)21/h4-7,12-13,19H,3,8-11H2,1-2H3,(H2,18,21). The molecule has 0 spiro atoms. The number of primary amides is 1. The quantitative estimate of drug-likeness (QED) is 0.784. The predicted octanol–water partition coefficient (Wildman–Crippen LogP) is 1.10. The number of nitrogens with one attached hydrogen (secondary N) is 1. The first kappa shape index (κ1) is 19.4. The average Bonchev–Trinajstić information content (AvgIpc) is 2.60. The van der Waals surface area contributed by atoms with Gasteiger partial charge in [0.1, 0.15) is 0 Å². The van der Waals surface area contributed by atoms with Crippen LogP contribution in [0.15, 0.2) is 29.2 Å². The second-order valence-electron chi connectivity index (χ2n) is 6.42. The van der Waals surface area contributed by atoms with E-state index in [1.807, 2.05) is 6.92 Å². The largest absolute Gasteiger partial charge is 0.369 e. The van der Waals surface area contributed by atoms with Crippen molar-refractivity contribution >= 4 is 21.8 Å². The van der Waals surface area contributed by atoms with Crippen molar-refractivity contribution in [1.82, 2.24) is 9.62 Å². The zero-order valence-electron chi connectivity index (χ0n) is 14.6. The molecule has 1 saturated heterocycles. The van der Waals surface area contributed by atoms with E-state index in [-0.39, 0.29) is 28.7 Å². The molecular weight excluding hydrogens is 342 g/mol. The molecule has 1 unspecified atom stereocenters. The van der Waals surface area contributed by atoms with Gasteiger partial charge in [-0.1, -0.05) is 6.92 Å². The Morgan fingerprint density at radius 1 is 1.24 bits per heavy atom. The predicted molar refractivity (Wildman–Crippen MR) is 94.3 cm³/mol. The number of nitrogens with zero attached hydrogens (tertiary/aromatic N) is 1. The van der Waals surface area contributed by atoms with Gasteiger partial charge in [-0.3, -0.25) is 9.59 Å². The fourth-order valence-electron chi connectivity index (χ4n) is 2.74. The van der Waals surface area contributed by atoms with Gasteiger partial charge in [0.05, 0.1) is 4.90 Å². The van der Waals surface area contributed by atoms with Crippen LogP contribution in [-0.4, -0.2) is 44.3 Å². The van der Waals surface area contributed by atoms with Crippen molar-refractivity contribution in [3.05, 3.63) is 29.8 Å². The lowest BCUT2D eigenvalue weighted by Crippen LogP contribution is -2.41. The van der Waals surface area contributed by atoms with Crippen LogP contribution in [0.25, 0.3) is 0 Å². The van der Waals surface area contributed by atoms with Crippen LogP contribution < -0.4 is 10.5 Å². The molecule has 2 rings (SSSR count). The zero-order chi connectivity index (χ0) is 18.6. The second kappa shape index (κ2) is 7.97. The Morgan fingerprint density at radius 3 is 2.28 bits per heavy atom. The van der Waals surface area contributed by atoms with Gasteiger partial charge in [-0.15, -0.1) is 0 Å². The van der Waals surface area contributed by atoms with Gasteiger partial charge in [0.2, 0.25) is 15.9 Å². The van der Waals surface area contributed by atoms with Crippen LogP contribution in [0.2, 0.25) is 0 Å². The van der Waals surface area contributed by atoms with Crippen LogP contribution in [0.5, 0.6) is 0 Å². The Bertz CT molecular complexity index is 723. The van der Waals surface area contributed by atoms with Gasteiger partial charge in [0, 0.05) is 30.6 Å². The number of nitrogens with two attached hydrogens (primary N) is 1. The Labute approximate surface area is 148 Å². The van der Waals surface area contributed by atoms with Crippen molar-refractivity contribution in [3.8, 4) is 0 Å². The second-order valence-corrected chi connectivity index (χ2v) is 8.14.